The van der Waals surface area contributed by atoms with E-state index in [9.17, 15) is 0 Å². The topological polar surface area (TPSA) is 17.1 Å². The van der Waals surface area contributed by atoms with Crippen LogP contribution in [0.25, 0.3) is 0 Å². The Morgan fingerprint density at radius 1 is 1.25 bits per heavy atom. The molecule has 0 aliphatic carbocycles. The molecule has 4 heteroatoms. The maximum absolute atomic E-state index is 8.25. The monoisotopic (exact) mass is 215 g/mol. The van der Waals surface area contributed by atoms with Gasteiger partial charge in [0.25, 0.3) is 0 Å². The minimum absolute atomic E-state index is 0. The van der Waals surface area contributed by atoms with Crippen molar-refractivity contribution in [2.24, 2.45) is 0 Å². The predicted molar refractivity (Wildman–Crippen MR) is 0.686 cm³/mol. The van der Waals surface area contributed by atoms with Crippen LogP contribution in [0.4, 0.5) is 0 Å². The van der Waals surface area contributed by atoms with Gasteiger partial charge in [-0.1, -0.05) is 0 Å². The van der Waals surface area contributed by atoms with Gasteiger partial charge >= 0.3 is 23.7 Å². The molecule has 0 aromatic rings. The van der Waals surface area contributed by atoms with Gasteiger partial charge in [0.1, 0.15) is 0 Å². The standard InChI is InChI=1S/Nb.Ni.O.Ti. The van der Waals surface area contributed by atoms with Crippen molar-refractivity contribution in [2.75, 3.05) is 0 Å². The molecule has 0 aromatic carbocycles. The Kier molecular flexibility index (Phi) is 93.6. The summed E-state index contributed by atoms with van der Waals surface area (Å²) >= 11 is 0.750. The zero-order valence-electron chi connectivity index (χ0n) is 1.67. The zero-order valence-corrected chi connectivity index (χ0v) is 6.42. The fourth-order valence-corrected chi connectivity index (χ4v) is 0. The first-order valence-electron chi connectivity index (χ1n) is 0.204. The van der Waals surface area contributed by atoms with Gasteiger partial charge in [0.2, 0.25) is 0 Å². The van der Waals surface area contributed by atoms with Gasteiger partial charge in [0.15, 0.2) is 0 Å². The molecule has 0 saturated heterocycles. The van der Waals surface area contributed by atoms with E-state index >= 15 is 0 Å². The van der Waals surface area contributed by atoms with E-state index in [1.807, 2.05) is 0 Å². The molecule has 0 amide bonds. The van der Waals surface area contributed by atoms with Crippen LogP contribution in [0.1, 0.15) is 0 Å². The second-order valence-electron chi connectivity index (χ2n) is 0. The van der Waals surface area contributed by atoms with E-state index < -0.39 is 0 Å². The minimum atomic E-state index is 0. The van der Waals surface area contributed by atoms with E-state index in [-0.39, 0.29) is 38.9 Å². The number of rotatable bonds is 0. The molecule has 0 saturated carbocycles. The Balaban J connectivity index is -0.00000000500. The molecule has 0 spiro atoms. The van der Waals surface area contributed by atoms with Gasteiger partial charge in [-0.25, -0.2) is 0 Å². The van der Waals surface area contributed by atoms with Crippen molar-refractivity contribution in [2.45, 2.75) is 0 Å². The van der Waals surface area contributed by atoms with Crippen LogP contribution in [-0.2, 0) is 62.6 Å². The Hall–Kier alpha value is 1.75. The summed E-state index contributed by atoms with van der Waals surface area (Å²) in [7, 11) is 0. The van der Waals surface area contributed by atoms with Crippen molar-refractivity contribution in [3.8, 4) is 0 Å². The molecule has 0 bridgehead atoms. The van der Waals surface area contributed by atoms with Crippen molar-refractivity contribution in [1.82, 2.24) is 0 Å². The predicted octanol–water partition coefficient (Wildman–Crippen LogP) is -0.126. The quantitative estimate of drug-likeness (QED) is 0.515. The summed E-state index contributed by atoms with van der Waals surface area (Å²) < 4.78 is 8.25. The molecule has 0 unspecified atom stereocenters. The number of hydrogen-bond donors (Lipinski definition) is 0. The van der Waals surface area contributed by atoms with Crippen molar-refractivity contribution >= 4 is 0 Å². The second kappa shape index (κ2) is 21.8. The third kappa shape index (κ3) is 9.26. The van der Waals surface area contributed by atoms with Crippen LogP contribution >= 0.6 is 0 Å². The van der Waals surface area contributed by atoms with Crippen LogP contribution in [0.2, 0.25) is 0 Å². The summed E-state index contributed by atoms with van der Waals surface area (Å²) in [5.41, 5.74) is 0. The Labute approximate surface area is 62.1 Å². The summed E-state index contributed by atoms with van der Waals surface area (Å²) in [6.07, 6.45) is 0. The second-order valence-corrected chi connectivity index (χ2v) is 0. The first-order valence-corrected chi connectivity index (χ1v) is 0.842. The van der Waals surface area contributed by atoms with Gasteiger partial charge < -0.3 is 0 Å². The van der Waals surface area contributed by atoms with Crippen molar-refractivity contribution in [1.29, 1.82) is 0 Å². The Bertz CT molecular complexity index is 8.00. The van der Waals surface area contributed by atoms with E-state index in [1.165, 1.54) is 0 Å². The van der Waals surface area contributed by atoms with Crippen molar-refractivity contribution < 1.29 is 62.6 Å². The molecule has 0 heterocycles. The first kappa shape index (κ1) is 17.2. The van der Waals surface area contributed by atoms with Crippen molar-refractivity contribution in [3.05, 3.63) is 0 Å². The molecule has 1 radical (unpaired) electrons. The average molecular weight is 215 g/mol. The van der Waals surface area contributed by atoms with Crippen LogP contribution in [-0.4, -0.2) is 0 Å². The normalized spacial score (nSPS) is 0.750. The SMILES string of the molecule is [Nb].[Ni].[O]=[Ti]. The van der Waals surface area contributed by atoms with Gasteiger partial charge in [-0.2, -0.15) is 0 Å². The third-order valence-electron chi connectivity index (χ3n) is 0. The van der Waals surface area contributed by atoms with Gasteiger partial charge in [-0.15, -0.1) is 0 Å². The molecule has 0 aromatic heterocycles. The maximum atomic E-state index is 8.25. The molecule has 4 heavy (non-hydrogen) atoms. The third-order valence-corrected chi connectivity index (χ3v) is 0. The van der Waals surface area contributed by atoms with Gasteiger partial charge in [-0.3, -0.25) is 0 Å². The van der Waals surface area contributed by atoms with Gasteiger partial charge in [0.05, 0.1) is 0 Å². The summed E-state index contributed by atoms with van der Waals surface area (Å²) in [6.45, 7) is 0. The molecular weight excluding hydrogens is 215 g/mol. The number of hydrogen-bond acceptors (Lipinski definition) is 1. The van der Waals surface area contributed by atoms with Crippen LogP contribution in [0.15, 0.2) is 0 Å². The van der Waals surface area contributed by atoms with Crippen LogP contribution in [0.5, 0.6) is 0 Å². The van der Waals surface area contributed by atoms with E-state index in [2.05, 4.69) is 0 Å². The Morgan fingerprint density at radius 3 is 1.25 bits per heavy atom. The molecular formula is NbNiOTi. The summed E-state index contributed by atoms with van der Waals surface area (Å²) in [6, 6.07) is 0. The molecule has 0 aliphatic rings. The van der Waals surface area contributed by atoms with E-state index in [1.54, 1.807) is 0 Å². The van der Waals surface area contributed by atoms with Crippen molar-refractivity contribution in [3.63, 3.8) is 0 Å². The van der Waals surface area contributed by atoms with Gasteiger partial charge in [0, 0.05) is 38.9 Å². The zero-order chi connectivity index (χ0) is 2.00. The molecule has 0 rings (SSSR count). The van der Waals surface area contributed by atoms with Crippen LogP contribution < -0.4 is 0 Å². The molecule has 1 nitrogen and oxygen atoms in total. The summed E-state index contributed by atoms with van der Waals surface area (Å²) in [5.74, 6) is 0. The average Bonchev–Trinajstić information content (AvgIpc) is 1.00. The summed E-state index contributed by atoms with van der Waals surface area (Å²) in [4.78, 5) is 0. The fourth-order valence-electron chi connectivity index (χ4n) is 0. The van der Waals surface area contributed by atoms with Crippen LogP contribution in [0, 0.1) is 0 Å². The fraction of sp³-hybridized carbons (Fsp3) is 0. The first-order chi connectivity index (χ1) is 1.00. The molecule has 0 N–H and O–H groups in total. The molecule has 0 fully saturated rings. The van der Waals surface area contributed by atoms with E-state index in [0.29, 0.717) is 0 Å². The van der Waals surface area contributed by atoms with E-state index in [4.69, 9.17) is 3.32 Å². The van der Waals surface area contributed by atoms with E-state index in [0.717, 1.165) is 20.4 Å². The van der Waals surface area contributed by atoms with Crippen LogP contribution in [0.3, 0.4) is 0 Å². The molecule has 0 aliphatic heterocycles. The summed E-state index contributed by atoms with van der Waals surface area (Å²) in [5, 5.41) is 0. The Morgan fingerprint density at radius 2 is 1.25 bits per heavy atom. The van der Waals surface area contributed by atoms with Gasteiger partial charge in [-0.05, 0) is 0 Å². The molecule has 0 atom stereocenters. The molecule has 25 valence electrons.